The van der Waals surface area contributed by atoms with Gasteiger partial charge >= 0.3 is 0 Å². The van der Waals surface area contributed by atoms with Crippen LogP contribution >= 0.6 is 0 Å². The van der Waals surface area contributed by atoms with Crippen molar-refractivity contribution in [2.75, 3.05) is 22.6 Å². The van der Waals surface area contributed by atoms with Gasteiger partial charge in [0.05, 0.1) is 6.04 Å². The van der Waals surface area contributed by atoms with Crippen molar-refractivity contribution >= 4 is 17.1 Å². The van der Waals surface area contributed by atoms with Gasteiger partial charge in [-0.25, -0.2) is 4.39 Å². The van der Waals surface area contributed by atoms with Gasteiger partial charge in [0, 0.05) is 41.8 Å². The molecule has 0 fully saturated rings. The average molecular weight is 404 g/mol. The molecule has 0 saturated carbocycles. The molecular weight excluding hydrogens is 373 g/mol. The molecule has 1 atom stereocenters. The number of nitrogens with one attached hydrogen (secondary N) is 2. The Kier molecular flexibility index (Phi) is 5.42. The minimum Gasteiger partial charge on any atom is -0.383 e. The van der Waals surface area contributed by atoms with Gasteiger partial charge in [0.2, 0.25) is 0 Å². The summed E-state index contributed by atoms with van der Waals surface area (Å²) in [5.74, 6) is -0.212. The number of fused-ring (bicyclic) bond motifs is 3. The molecule has 0 amide bonds. The van der Waals surface area contributed by atoms with Gasteiger partial charge < -0.3 is 15.5 Å². The molecule has 4 rings (SSSR count). The molecule has 3 nitrogen and oxygen atoms in total. The van der Waals surface area contributed by atoms with Gasteiger partial charge in [0.25, 0.3) is 0 Å². The van der Waals surface area contributed by atoms with Crippen LogP contribution in [-0.2, 0) is 0 Å². The standard InChI is InChI=1S/C26H30FN3/c1-16(2)28-20-10-12-22-23-13-11-21(29-17(3)4)15-25(23)30(5)26(24(22)14-20)18-6-8-19(27)9-7-18/h6-17,26,28-29H,1-5H3. The lowest BCUT2D eigenvalue weighted by atomic mass is 9.84. The molecule has 3 aromatic rings. The number of hydrogen-bond acceptors (Lipinski definition) is 3. The molecule has 0 radical (unpaired) electrons. The summed E-state index contributed by atoms with van der Waals surface area (Å²) in [6.07, 6.45) is 0. The van der Waals surface area contributed by atoms with Crippen molar-refractivity contribution in [3.63, 3.8) is 0 Å². The van der Waals surface area contributed by atoms with Crippen LogP contribution in [0.4, 0.5) is 21.5 Å². The van der Waals surface area contributed by atoms with E-state index in [-0.39, 0.29) is 11.9 Å². The van der Waals surface area contributed by atoms with Crippen molar-refractivity contribution in [2.24, 2.45) is 0 Å². The monoisotopic (exact) mass is 403 g/mol. The first-order chi connectivity index (χ1) is 14.3. The third-order valence-electron chi connectivity index (χ3n) is 5.50. The maximum atomic E-state index is 13.6. The molecule has 0 bridgehead atoms. The lowest BCUT2D eigenvalue weighted by Gasteiger charge is -2.39. The Bertz CT molecular complexity index is 1040. The minimum atomic E-state index is -0.212. The fourth-order valence-corrected chi connectivity index (χ4v) is 4.33. The van der Waals surface area contributed by atoms with Gasteiger partial charge in [-0.05, 0) is 80.8 Å². The second-order valence-electron chi connectivity index (χ2n) is 8.70. The summed E-state index contributed by atoms with van der Waals surface area (Å²) in [6.45, 7) is 8.56. The molecule has 1 aliphatic heterocycles. The molecular formula is C26H30FN3. The maximum absolute atomic E-state index is 13.6. The maximum Gasteiger partial charge on any atom is 0.123 e. The van der Waals surface area contributed by atoms with Crippen LogP contribution in [0.2, 0.25) is 0 Å². The molecule has 0 spiro atoms. The molecule has 1 unspecified atom stereocenters. The molecule has 3 aromatic carbocycles. The summed E-state index contributed by atoms with van der Waals surface area (Å²) in [5, 5.41) is 7.02. The first kappa shape index (κ1) is 20.3. The number of rotatable bonds is 5. The van der Waals surface area contributed by atoms with Gasteiger partial charge in [0.1, 0.15) is 5.82 Å². The highest BCUT2D eigenvalue weighted by Crippen LogP contribution is 2.48. The Hall–Kier alpha value is -3.01. The average Bonchev–Trinajstić information content (AvgIpc) is 2.68. The van der Waals surface area contributed by atoms with Crippen LogP contribution in [0.3, 0.4) is 0 Å². The SMILES string of the molecule is CC(C)Nc1ccc2c(c1)C(c1ccc(F)cc1)N(C)c1cc(NC(C)C)ccc1-2. The molecule has 1 heterocycles. The van der Waals surface area contributed by atoms with E-state index in [1.54, 1.807) is 12.1 Å². The number of nitrogens with zero attached hydrogens (tertiary/aromatic N) is 1. The van der Waals surface area contributed by atoms with Gasteiger partial charge in [-0.2, -0.15) is 0 Å². The van der Waals surface area contributed by atoms with E-state index in [0.29, 0.717) is 12.1 Å². The zero-order valence-corrected chi connectivity index (χ0v) is 18.3. The second kappa shape index (κ2) is 8.02. The predicted octanol–water partition coefficient (Wildman–Crippen LogP) is 6.67. The van der Waals surface area contributed by atoms with Crippen LogP contribution in [0.15, 0.2) is 60.7 Å². The Morgan fingerprint density at radius 2 is 1.33 bits per heavy atom. The number of anilines is 3. The largest absolute Gasteiger partial charge is 0.383 e. The summed E-state index contributed by atoms with van der Waals surface area (Å²) in [7, 11) is 2.12. The van der Waals surface area contributed by atoms with E-state index in [1.165, 1.54) is 22.4 Å². The van der Waals surface area contributed by atoms with Crippen molar-refractivity contribution in [1.29, 1.82) is 0 Å². The summed E-state index contributed by atoms with van der Waals surface area (Å²) in [4.78, 5) is 2.30. The number of halogens is 1. The lowest BCUT2D eigenvalue weighted by molar-refractivity contribution is 0.625. The first-order valence-corrected chi connectivity index (χ1v) is 10.6. The first-order valence-electron chi connectivity index (χ1n) is 10.6. The van der Waals surface area contributed by atoms with Gasteiger partial charge in [0.15, 0.2) is 0 Å². The Morgan fingerprint density at radius 1 is 0.767 bits per heavy atom. The van der Waals surface area contributed by atoms with E-state index in [1.807, 2.05) is 12.1 Å². The van der Waals surface area contributed by atoms with E-state index in [4.69, 9.17) is 0 Å². The van der Waals surface area contributed by atoms with Crippen LogP contribution in [0, 0.1) is 5.82 Å². The number of hydrogen-bond donors (Lipinski definition) is 2. The minimum absolute atomic E-state index is 0.0105. The fraction of sp³-hybridized carbons (Fsp3) is 0.308. The van der Waals surface area contributed by atoms with Gasteiger partial charge in [-0.3, -0.25) is 0 Å². The summed E-state index contributed by atoms with van der Waals surface area (Å²) in [6, 6.07) is 20.8. The van der Waals surface area contributed by atoms with Gasteiger partial charge in [-0.15, -0.1) is 0 Å². The molecule has 0 saturated heterocycles. The molecule has 2 N–H and O–H groups in total. The quantitative estimate of drug-likeness (QED) is 0.498. The molecule has 1 aliphatic rings. The lowest BCUT2D eigenvalue weighted by Crippen LogP contribution is -2.29. The third kappa shape index (κ3) is 3.87. The predicted molar refractivity (Wildman–Crippen MR) is 126 cm³/mol. The highest BCUT2D eigenvalue weighted by molar-refractivity contribution is 5.88. The third-order valence-corrected chi connectivity index (χ3v) is 5.50. The topological polar surface area (TPSA) is 27.3 Å². The molecule has 0 aromatic heterocycles. The zero-order chi connectivity index (χ0) is 21.4. The van der Waals surface area contributed by atoms with Crippen molar-refractivity contribution in [2.45, 2.75) is 45.8 Å². The van der Waals surface area contributed by atoms with E-state index in [9.17, 15) is 4.39 Å². The molecule has 156 valence electrons. The zero-order valence-electron chi connectivity index (χ0n) is 18.3. The fourth-order valence-electron chi connectivity index (χ4n) is 4.33. The Labute approximate surface area is 178 Å². The second-order valence-corrected chi connectivity index (χ2v) is 8.70. The highest BCUT2D eigenvalue weighted by Gasteiger charge is 2.30. The van der Waals surface area contributed by atoms with E-state index < -0.39 is 0 Å². The van der Waals surface area contributed by atoms with Crippen LogP contribution in [0.25, 0.3) is 11.1 Å². The van der Waals surface area contributed by atoms with E-state index in [0.717, 1.165) is 16.9 Å². The van der Waals surface area contributed by atoms with Crippen molar-refractivity contribution in [1.82, 2.24) is 0 Å². The molecule has 4 heteroatoms. The van der Waals surface area contributed by atoms with Crippen LogP contribution in [0.5, 0.6) is 0 Å². The summed E-state index contributed by atoms with van der Waals surface area (Å²) < 4.78 is 13.6. The van der Waals surface area contributed by atoms with Crippen molar-refractivity contribution in [3.8, 4) is 11.1 Å². The summed E-state index contributed by atoms with van der Waals surface area (Å²) >= 11 is 0. The smallest absolute Gasteiger partial charge is 0.123 e. The van der Waals surface area contributed by atoms with Crippen molar-refractivity contribution < 1.29 is 4.39 Å². The van der Waals surface area contributed by atoms with E-state index in [2.05, 4.69) is 86.7 Å². The van der Waals surface area contributed by atoms with Crippen LogP contribution in [0.1, 0.15) is 44.9 Å². The van der Waals surface area contributed by atoms with Crippen LogP contribution < -0.4 is 15.5 Å². The molecule has 30 heavy (non-hydrogen) atoms. The van der Waals surface area contributed by atoms with Crippen molar-refractivity contribution in [3.05, 3.63) is 77.6 Å². The molecule has 0 aliphatic carbocycles. The van der Waals surface area contributed by atoms with Crippen LogP contribution in [-0.4, -0.2) is 19.1 Å². The van der Waals surface area contributed by atoms with Gasteiger partial charge in [-0.1, -0.05) is 24.3 Å². The Balaban J connectivity index is 1.88. The highest BCUT2D eigenvalue weighted by atomic mass is 19.1. The summed E-state index contributed by atoms with van der Waals surface area (Å²) in [5.41, 5.74) is 8.13. The normalized spacial score (nSPS) is 15.2. The van der Waals surface area contributed by atoms with E-state index >= 15 is 0 Å². The Morgan fingerprint density at radius 3 is 1.93 bits per heavy atom. The number of benzene rings is 3.